The number of aromatic nitrogens is 2. The van der Waals surface area contributed by atoms with Gasteiger partial charge in [-0.25, -0.2) is 9.97 Å². The molecule has 0 radical (unpaired) electrons. The van der Waals surface area contributed by atoms with Crippen LogP contribution >= 0.6 is 0 Å². The van der Waals surface area contributed by atoms with Crippen LogP contribution in [0.3, 0.4) is 0 Å². The number of nitrogens with zero attached hydrogens (tertiary/aromatic N) is 2. The SMILES string of the molecule is Cc1ccccc1NC(=O)c1cnc(-c2ccc(C(F)(F)F)cc2)nc1C. The number of para-hydroxylation sites is 1. The number of carbonyl (C=O) groups excluding carboxylic acids is 1. The molecule has 0 saturated heterocycles. The number of anilines is 1. The summed E-state index contributed by atoms with van der Waals surface area (Å²) in [5.74, 6) is -0.0885. The van der Waals surface area contributed by atoms with Gasteiger partial charge in [-0.2, -0.15) is 13.2 Å². The van der Waals surface area contributed by atoms with Crippen LogP contribution in [0.4, 0.5) is 18.9 Å². The number of amides is 1. The summed E-state index contributed by atoms with van der Waals surface area (Å²) in [5, 5.41) is 2.81. The first-order valence-electron chi connectivity index (χ1n) is 8.14. The van der Waals surface area contributed by atoms with Gasteiger partial charge in [0, 0.05) is 17.4 Å². The molecule has 1 heterocycles. The second kappa shape index (κ2) is 7.19. The van der Waals surface area contributed by atoms with E-state index in [2.05, 4.69) is 15.3 Å². The number of benzene rings is 2. The fraction of sp³-hybridized carbons (Fsp3) is 0.150. The molecule has 7 heteroatoms. The maximum atomic E-state index is 12.7. The number of aryl methyl sites for hydroxylation is 2. The fourth-order valence-electron chi connectivity index (χ4n) is 2.54. The molecule has 1 N–H and O–H groups in total. The lowest BCUT2D eigenvalue weighted by atomic mass is 10.1. The minimum Gasteiger partial charge on any atom is -0.322 e. The third-order valence-electron chi connectivity index (χ3n) is 4.09. The summed E-state index contributed by atoms with van der Waals surface area (Å²) in [6.45, 7) is 3.54. The lowest BCUT2D eigenvalue weighted by Gasteiger charge is -2.11. The van der Waals surface area contributed by atoms with Gasteiger partial charge in [0.25, 0.3) is 5.91 Å². The van der Waals surface area contributed by atoms with Crippen molar-refractivity contribution in [3.05, 3.63) is 77.1 Å². The van der Waals surface area contributed by atoms with Gasteiger partial charge in [-0.1, -0.05) is 30.3 Å². The van der Waals surface area contributed by atoms with Crippen molar-refractivity contribution in [3.8, 4) is 11.4 Å². The number of halogens is 3. The molecule has 3 rings (SSSR count). The van der Waals surface area contributed by atoms with Crippen molar-refractivity contribution < 1.29 is 18.0 Å². The van der Waals surface area contributed by atoms with Crippen LogP contribution < -0.4 is 5.32 Å². The number of rotatable bonds is 3. The van der Waals surface area contributed by atoms with Gasteiger partial charge in [0.05, 0.1) is 16.8 Å². The molecular weight excluding hydrogens is 355 g/mol. The first kappa shape index (κ1) is 18.6. The highest BCUT2D eigenvalue weighted by molar-refractivity contribution is 6.05. The molecule has 138 valence electrons. The predicted molar refractivity (Wildman–Crippen MR) is 96.3 cm³/mol. The monoisotopic (exact) mass is 371 g/mol. The molecule has 27 heavy (non-hydrogen) atoms. The summed E-state index contributed by atoms with van der Waals surface area (Å²) >= 11 is 0. The minimum atomic E-state index is -4.40. The van der Waals surface area contributed by atoms with Gasteiger partial charge >= 0.3 is 6.18 Å². The largest absolute Gasteiger partial charge is 0.416 e. The second-order valence-corrected chi connectivity index (χ2v) is 6.04. The lowest BCUT2D eigenvalue weighted by Crippen LogP contribution is -2.15. The molecule has 0 saturated carbocycles. The van der Waals surface area contributed by atoms with Crippen LogP contribution in [0, 0.1) is 13.8 Å². The second-order valence-electron chi connectivity index (χ2n) is 6.04. The summed E-state index contributed by atoms with van der Waals surface area (Å²) in [7, 11) is 0. The maximum Gasteiger partial charge on any atom is 0.416 e. The van der Waals surface area contributed by atoms with Crippen LogP contribution in [0.2, 0.25) is 0 Å². The van der Waals surface area contributed by atoms with Crippen LogP contribution in [-0.4, -0.2) is 15.9 Å². The van der Waals surface area contributed by atoms with E-state index < -0.39 is 11.7 Å². The van der Waals surface area contributed by atoms with E-state index >= 15 is 0 Å². The Morgan fingerprint density at radius 1 is 1.00 bits per heavy atom. The molecule has 0 aliphatic rings. The topological polar surface area (TPSA) is 54.9 Å². The summed E-state index contributed by atoms with van der Waals surface area (Å²) in [5.41, 5.74) is 2.05. The first-order valence-corrected chi connectivity index (χ1v) is 8.14. The van der Waals surface area contributed by atoms with Crippen molar-refractivity contribution >= 4 is 11.6 Å². The van der Waals surface area contributed by atoms with Gasteiger partial charge in [0.1, 0.15) is 0 Å². The van der Waals surface area contributed by atoms with E-state index in [1.165, 1.54) is 18.3 Å². The van der Waals surface area contributed by atoms with Crippen LogP contribution in [0.1, 0.15) is 27.2 Å². The molecule has 4 nitrogen and oxygen atoms in total. The Labute approximate surface area is 154 Å². The Morgan fingerprint density at radius 2 is 1.67 bits per heavy atom. The van der Waals surface area contributed by atoms with Gasteiger partial charge in [-0.05, 0) is 37.6 Å². The molecular formula is C20H16F3N3O. The van der Waals surface area contributed by atoms with Gasteiger partial charge in [-0.3, -0.25) is 4.79 Å². The van der Waals surface area contributed by atoms with Crippen molar-refractivity contribution in [2.24, 2.45) is 0 Å². The number of alkyl halides is 3. The van der Waals surface area contributed by atoms with Crippen molar-refractivity contribution in [3.63, 3.8) is 0 Å². The molecule has 0 unspecified atom stereocenters. The molecule has 2 aromatic carbocycles. The van der Waals surface area contributed by atoms with Crippen molar-refractivity contribution in [2.45, 2.75) is 20.0 Å². The van der Waals surface area contributed by atoms with Crippen LogP contribution in [0.25, 0.3) is 11.4 Å². The Kier molecular flexibility index (Phi) is 4.94. The molecule has 0 atom stereocenters. The molecule has 1 amide bonds. The van der Waals surface area contributed by atoms with Gasteiger partial charge in [0.2, 0.25) is 0 Å². The normalized spacial score (nSPS) is 11.3. The van der Waals surface area contributed by atoms with Crippen molar-refractivity contribution in [1.29, 1.82) is 0 Å². The maximum absolute atomic E-state index is 12.7. The Bertz CT molecular complexity index is 983. The third kappa shape index (κ3) is 4.13. The summed E-state index contributed by atoms with van der Waals surface area (Å²) in [4.78, 5) is 20.9. The van der Waals surface area contributed by atoms with E-state index in [1.807, 2.05) is 25.1 Å². The van der Waals surface area contributed by atoms with Crippen LogP contribution in [-0.2, 0) is 6.18 Å². The van der Waals surface area contributed by atoms with E-state index in [4.69, 9.17) is 0 Å². The zero-order chi connectivity index (χ0) is 19.6. The highest BCUT2D eigenvalue weighted by Crippen LogP contribution is 2.30. The average Bonchev–Trinajstić information content (AvgIpc) is 2.63. The number of hydrogen-bond donors (Lipinski definition) is 1. The average molecular weight is 371 g/mol. The predicted octanol–water partition coefficient (Wildman–Crippen LogP) is 5.03. The fourth-order valence-corrected chi connectivity index (χ4v) is 2.54. The van der Waals surface area contributed by atoms with Crippen LogP contribution in [0.15, 0.2) is 54.7 Å². The van der Waals surface area contributed by atoms with Crippen molar-refractivity contribution in [2.75, 3.05) is 5.32 Å². The smallest absolute Gasteiger partial charge is 0.322 e. The van der Waals surface area contributed by atoms with E-state index in [1.54, 1.807) is 13.0 Å². The minimum absolute atomic E-state index is 0.258. The molecule has 0 aliphatic heterocycles. The highest BCUT2D eigenvalue weighted by atomic mass is 19.4. The first-order chi connectivity index (χ1) is 12.8. The van der Waals surface area contributed by atoms with Gasteiger partial charge in [0.15, 0.2) is 5.82 Å². The molecule has 1 aromatic heterocycles. The lowest BCUT2D eigenvalue weighted by molar-refractivity contribution is -0.137. The summed E-state index contributed by atoms with van der Waals surface area (Å²) in [6.07, 6.45) is -3.02. The van der Waals surface area contributed by atoms with Gasteiger partial charge < -0.3 is 5.32 Å². The summed E-state index contributed by atoms with van der Waals surface area (Å²) < 4.78 is 38.0. The van der Waals surface area contributed by atoms with Crippen LogP contribution in [0.5, 0.6) is 0 Å². The number of nitrogens with one attached hydrogen (secondary N) is 1. The van der Waals surface area contributed by atoms with E-state index in [9.17, 15) is 18.0 Å². The Hall–Kier alpha value is -3.22. The van der Waals surface area contributed by atoms with Crippen molar-refractivity contribution in [1.82, 2.24) is 9.97 Å². The molecule has 0 aliphatic carbocycles. The molecule has 0 spiro atoms. The van der Waals surface area contributed by atoms with E-state index in [0.717, 1.165) is 17.7 Å². The quantitative estimate of drug-likeness (QED) is 0.702. The highest BCUT2D eigenvalue weighted by Gasteiger charge is 2.30. The van der Waals surface area contributed by atoms with E-state index in [-0.39, 0.29) is 11.7 Å². The van der Waals surface area contributed by atoms with E-state index in [0.29, 0.717) is 22.5 Å². The zero-order valence-electron chi connectivity index (χ0n) is 14.6. The number of hydrogen-bond acceptors (Lipinski definition) is 3. The molecule has 3 aromatic rings. The number of carbonyl (C=O) groups is 1. The zero-order valence-corrected chi connectivity index (χ0v) is 14.6. The molecule has 0 bridgehead atoms. The summed E-state index contributed by atoms with van der Waals surface area (Å²) in [6, 6.07) is 11.9. The standard InChI is InChI=1S/C20H16F3N3O/c1-12-5-3-4-6-17(12)26-19(27)16-11-24-18(25-13(16)2)14-7-9-15(10-8-14)20(21,22)23/h3-11H,1-2H3,(H,26,27). The third-order valence-corrected chi connectivity index (χ3v) is 4.09. The Balaban J connectivity index is 1.83. The Morgan fingerprint density at radius 3 is 2.26 bits per heavy atom. The molecule has 0 fully saturated rings. The van der Waals surface area contributed by atoms with Gasteiger partial charge in [-0.15, -0.1) is 0 Å².